The minimum Gasteiger partial charge on any atom is -0.300 e. The van der Waals surface area contributed by atoms with Crippen LogP contribution in [-0.2, 0) is 0 Å². The zero-order chi connectivity index (χ0) is 15.3. The standard InChI is InChI=1S/C19H39N/c1-14(2)15(3)16(4)17(5)18(6)19(7)20-12-10-8-9-11-13-20/h14-19H,8-13H2,1-7H3. The maximum absolute atomic E-state index is 2.76. The molecule has 120 valence electrons. The third-order valence-electron chi connectivity index (χ3n) is 6.52. The molecule has 0 spiro atoms. The van der Waals surface area contributed by atoms with Crippen LogP contribution in [0.3, 0.4) is 0 Å². The summed E-state index contributed by atoms with van der Waals surface area (Å²) in [6.07, 6.45) is 5.69. The summed E-state index contributed by atoms with van der Waals surface area (Å²) in [5, 5.41) is 0. The molecule has 1 aliphatic heterocycles. The van der Waals surface area contributed by atoms with Gasteiger partial charge < -0.3 is 4.90 Å². The summed E-state index contributed by atoms with van der Waals surface area (Å²) in [6, 6.07) is 0.741. The fourth-order valence-electron chi connectivity index (χ4n) is 3.84. The van der Waals surface area contributed by atoms with Crippen LogP contribution in [0.1, 0.15) is 74.1 Å². The Balaban J connectivity index is 2.59. The Labute approximate surface area is 128 Å². The molecule has 0 aromatic carbocycles. The van der Waals surface area contributed by atoms with Gasteiger partial charge in [-0.25, -0.2) is 0 Å². The van der Waals surface area contributed by atoms with Gasteiger partial charge in [0.1, 0.15) is 0 Å². The minimum absolute atomic E-state index is 0.741. The second kappa shape index (κ2) is 8.41. The van der Waals surface area contributed by atoms with Gasteiger partial charge >= 0.3 is 0 Å². The molecular formula is C19H39N. The second-order valence-corrected chi connectivity index (χ2v) is 7.87. The van der Waals surface area contributed by atoms with Crippen molar-refractivity contribution < 1.29 is 0 Å². The highest BCUT2D eigenvalue weighted by Crippen LogP contribution is 2.34. The molecule has 1 saturated heterocycles. The van der Waals surface area contributed by atoms with Gasteiger partial charge in [-0.15, -0.1) is 0 Å². The van der Waals surface area contributed by atoms with E-state index in [-0.39, 0.29) is 0 Å². The Morgan fingerprint density at radius 2 is 1.00 bits per heavy atom. The Hall–Kier alpha value is -0.0400. The first-order valence-corrected chi connectivity index (χ1v) is 9.10. The predicted molar refractivity (Wildman–Crippen MR) is 91.0 cm³/mol. The second-order valence-electron chi connectivity index (χ2n) is 7.87. The van der Waals surface area contributed by atoms with Crippen LogP contribution in [0.2, 0.25) is 0 Å². The average molecular weight is 282 g/mol. The molecule has 0 aliphatic carbocycles. The third kappa shape index (κ3) is 4.76. The van der Waals surface area contributed by atoms with Crippen LogP contribution < -0.4 is 0 Å². The van der Waals surface area contributed by atoms with Gasteiger partial charge in [0.2, 0.25) is 0 Å². The zero-order valence-electron chi connectivity index (χ0n) is 15.2. The largest absolute Gasteiger partial charge is 0.300 e. The van der Waals surface area contributed by atoms with Crippen LogP contribution in [0.15, 0.2) is 0 Å². The Morgan fingerprint density at radius 1 is 0.550 bits per heavy atom. The molecular weight excluding hydrogens is 242 g/mol. The first kappa shape index (κ1) is 18.0. The van der Waals surface area contributed by atoms with E-state index in [2.05, 4.69) is 53.4 Å². The van der Waals surface area contributed by atoms with Crippen molar-refractivity contribution in [1.29, 1.82) is 0 Å². The summed E-state index contributed by atoms with van der Waals surface area (Å²) >= 11 is 0. The SMILES string of the molecule is CC(C)C(C)C(C)C(C)C(C)C(C)N1CCCCCC1. The monoisotopic (exact) mass is 281 g/mol. The molecule has 0 bridgehead atoms. The number of nitrogens with zero attached hydrogens (tertiary/aromatic N) is 1. The lowest BCUT2D eigenvalue weighted by molar-refractivity contribution is 0.0924. The summed E-state index contributed by atoms with van der Waals surface area (Å²) in [7, 11) is 0. The first-order valence-electron chi connectivity index (χ1n) is 9.10. The molecule has 1 aliphatic rings. The maximum Gasteiger partial charge on any atom is 0.00951 e. The lowest BCUT2D eigenvalue weighted by Gasteiger charge is -2.39. The van der Waals surface area contributed by atoms with Crippen LogP contribution in [0.25, 0.3) is 0 Å². The highest BCUT2D eigenvalue weighted by molar-refractivity contribution is 4.82. The van der Waals surface area contributed by atoms with E-state index in [1.165, 1.54) is 38.8 Å². The van der Waals surface area contributed by atoms with Crippen molar-refractivity contribution >= 4 is 0 Å². The summed E-state index contributed by atoms with van der Waals surface area (Å²) in [5.74, 6) is 4.05. The molecule has 0 radical (unpaired) electrons. The molecule has 0 amide bonds. The fourth-order valence-corrected chi connectivity index (χ4v) is 3.84. The van der Waals surface area contributed by atoms with E-state index in [0.29, 0.717) is 0 Å². The highest BCUT2D eigenvalue weighted by Gasteiger charge is 2.30. The van der Waals surface area contributed by atoms with Gasteiger partial charge in [0.15, 0.2) is 0 Å². The topological polar surface area (TPSA) is 3.24 Å². The van der Waals surface area contributed by atoms with Crippen molar-refractivity contribution in [3.05, 3.63) is 0 Å². The van der Waals surface area contributed by atoms with E-state index in [1.807, 2.05) is 0 Å². The molecule has 1 heterocycles. The smallest absolute Gasteiger partial charge is 0.00951 e. The van der Waals surface area contributed by atoms with Crippen LogP contribution in [0.5, 0.6) is 0 Å². The molecule has 1 nitrogen and oxygen atoms in total. The summed E-state index contributed by atoms with van der Waals surface area (Å²) < 4.78 is 0. The van der Waals surface area contributed by atoms with Crippen LogP contribution in [0.4, 0.5) is 0 Å². The Kier molecular flexibility index (Phi) is 7.58. The van der Waals surface area contributed by atoms with Gasteiger partial charge in [-0.3, -0.25) is 0 Å². The van der Waals surface area contributed by atoms with Crippen molar-refractivity contribution in [3.63, 3.8) is 0 Å². The lowest BCUT2D eigenvalue weighted by atomic mass is 9.72. The fraction of sp³-hybridized carbons (Fsp3) is 1.00. The van der Waals surface area contributed by atoms with Crippen molar-refractivity contribution in [3.8, 4) is 0 Å². The number of hydrogen-bond donors (Lipinski definition) is 0. The number of hydrogen-bond acceptors (Lipinski definition) is 1. The van der Waals surface area contributed by atoms with Gasteiger partial charge in [0.25, 0.3) is 0 Å². The number of likely N-dealkylation sites (tertiary alicyclic amines) is 1. The molecule has 1 fully saturated rings. The lowest BCUT2D eigenvalue weighted by Crippen LogP contribution is -2.42. The van der Waals surface area contributed by atoms with Crippen molar-refractivity contribution in [2.75, 3.05) is 13.1 Å². The zero-order valence-corrected chi connectivity index (χ0v) is 15.2. The minimum atomic E-state index is 0.741. The molecule has 5 atom stereocenters. The summed E-state index contributed by atoms with van der Waals surface area (Å²) in [6.45, 7) is 19.8. The van der Waals surface area contributed by atoms with E-state index >= 15 is 0 Å². The Morgan fingerprint density at radius 3 is 1.45 bits per heavy atom. The van der Waals surface area contributed by atoms with Crippen LogP contribution >= 0.6 is 0 Å². The average Bonchev–Trinajstić information content (AvgIpc) is 2.72. The van der Waals surface area contributed by atoms with E-state index in [1.54, 1.807) is 0 Å². The van der Waals surface area contributed by atoms with Crippen LogP contribution in [0, 0.1) is 29.6 Å². The molecule has 0 saturated carbocycles. The Bertz CT molecular complexity index is 244. The normalized spacial score (nSPS) is 25.8. The summed E-state index contributed by atoms with van der Waals surface area (Å²) in [4.78, 5) is 2.76. The van der Waals surface area contributed by atoms with Crippen molar-refractivity contribution in [1.82, 2.24) is 4.90 Å². The van der Waals surface area contributed by atoms with E-state index < -0.39 is 0 Å². The molecule has 20 heavy (non-hydrogen) atoms. The molecule has 1 rings (SSSR count). The van der Waals surface area contributed by atoms with Gasteiger partial charge in [0.05, 0.1) is 0 Å². The third-order valence-corrected chi connectivity index (χ3v) is 6.52. The summed E-state index contributed by atoms with van der Waals surface area (Å²) in [5.41, 5.74) is 0. The first-order chi connectivity index (χ1) is 9.36. The highest BCUT2D eigenvalue weighted by atomic mass is 15.2. The molecule has 1 heteroatoms. The molecule has 0 N–H and O–H groups in total. The molecule has 0 aromatic heterocycles. The van der Waals surface area contributed by atoms with E-state index in [9.17, 15) is 0 Å². The van der Waals surface area contributed by atoms with E-state index in [0.717, 1.165) is 35.6 Å². The van der Waals surface area contributed by atoms with Gasteiger partial charge in [-0.2, -0.15) is 0 Å². The number of rotatable bonds is 6. The van der Waals surface area contributed by atoms with Crippen molar-refractivity contribution in [2.45, 2.75) is 80.2 Å². The quantitative estimate of drug-likeness (QED) is 0.625. The van der Waals surface area contributed by atoms with E-state index in [4.69, 9.17) is 0 Å². The maximum atomic E-state index is 2.76. The van der Waals surface area contributed by atoms with Gasteiger partial charge in [0, 0.05) is 6.04 Å². The molecule has 0 aromatic rings. The van der Waals surface area contributed by atoms with Gasteiger partial charge in [-0.05, 0) is 62.4 Å². The predicted octanol–water partition coefficient (Wildman–Crippen LogP) is 5.45. The van der Waals surface area contributed by atoms with Crippen LogP contribution in [-0.4, -0.2) is 24.0 Å². The van der Waals surface area contributed by atoms with Gasteiger partial charge in [-0.1, -0.05) is 54.4 Å². The molecule has 5 unspecified atom stereocenters. The van der Waals surface area contributed by atoms with Crippen molar-refractivity contribution in [2.24, 2.45) is 29.6 Å².